The second kappa shape index (κ2) is 7.39. The maximum Gasteiger partial charge on any atom is 0.245 e. The topological polar surface area (TPSA) is 76.3 Å². The van der Waals surface area contributed by atoms with Crippen LogP contribution < -0.4 is 0 Å². The molecule has 6 nitrogen and oxygen atoms in total. The molecule has 0 aliphatic carbocycles. The minimum Gasteiger partial charge on any atom is -0.337 e. The molecule has 0 bridgehead atoms. The fraction of sp³-hybridized carbons (Fsp3) is 0.364. The van der Waals surface area contributed by atoms with Crippen molar-refractivity contribution in [1.29, 1.82) is 0 Å². The maximum atomic E-state index is 13.3. The summed E-state index contributed by atoms with van der Waals surface area (Å²) < 4.78 is 33.5. The summed E-state index contributed by atoms with van der Waals surface area (Å²) in [5.74, 6) is 0.815. The minimum atomic E-state index is -3.65. The van der Waals surface area contributed by atoms with Crippen molar-refractivity contribution in [2.45, 2.75) is 50.0 Å². The van der Waals surface area contributed by atoms with Crippen LogP contribution in [0.4, 0.5) is 0 Å². The molecular formula is C22H25N3O3S. The molecule has 0 spiro atoms. The number of hydrogen-bond acceptors (Lipinski definition) is 5. The molecule has 4 rings (SSSR count). The molecule has 1 unspecified atom stereocenters. The van der Waals surface area contributed by atoms with Gasteiger partial charge in [0.05, 0.1) is 4.90 Å². The third-order valence-corrected chi connectivity index (χ3v) is 7.21. The summed E-state index contributed by atoms with van der Waals surface area (Å²) in [5.41, 5.74) is 1.90. The van der Waals surface area contributed by atoms with Gasteiger partial charge < -0.3 is 4.52 Å². The number of rotatable bonds is 4. The Labute approximate surface area is 171 Å². The van der Waals surface area contributed by atoms with Crippen LogP contribution in [0.2, 0.25) is 0 Å². The van der Waals surface area contributed by atoms with Crippen LogP contribution in [0.3, 0.4) is 0 Å². The van der Waals surface area contributed by atoms with E-state index in [1.807, 2.05) is 42.5 Å². The molecule has 0 N–H and O–H groups in total. The summed E-state index contributed by atoms with van der Waals surface area (Å²) in [7, 11) is -3.65. The molecule has 7 heteroatoms. The van der Waals surface area contributed by atoms with Gasteiger partial charge in [0.1, 0.15) is 6.04 Å². The molecule has 152 valence electrons. The summed E-state index contributed by atoms with van der Waals surface area (Å²) in [6, 6.07) is 16.2. The monoisotopic (exact) mass is 411 g/mol. The highest BCUT2D eigenvalue weighted by Crippen LogP contribution is 2.37. The van der Waals surface area contributed by atoms with E-state index in [9.17, 15) is 8.42 Å². The first-order valence-electron chi connectivity index (χ1n) is 9.78. The Hall–Kier alpha value is -2.51. The van der Waals surface area contributed by atoms with E-state index >= 15 is 0 Å². The minimum absolute atomic E-state index is 0.0317. The molecule has 1 saturated heterocycles. The van der Waals surface area contributed by atoms with Crippen LogP contribution in [0.15, 0.2) is 64.0 Å². The van der Waals surface area contributed by atoms with E-state index in [4.69, 9.17) is 4.52 Å². The molecule has 0 saturated carbocycles. The van der Waals surface area contributed by atoms with Crippen molar-refractivity contribution < 1.29 is 12.9 Å². The molecule has 1 atom stereocenters. The molecule has 1 aliphatic rings. The van der Waals surface area contributed by atoms with E-state index in [0.717, 1.165) is 17.5 Å². The standard InChI is InChI=1S/C22H25N3O3S/c1-22(2,3)17-11-13-18(14-12-17)29(26,27)25-15-7-10-19(25)21-23-20(24-28-21)16-8-5-4-6-9-16/h4-6,8-9,11-14,19H,7,10,15H2,1-3H3. The van der Waals surface area contributed by atoms with Crippen LogP contribution in [-0.2, 0) is 15.4 Å². The van der Waals surface area contributed by atoms with Crippen molar-refractivity contribution >= 4 is 10.0 Å². The molecule has 3 aromatic rings. The van der Waals surface area contributed by atoms with Gasteiger partial charge in [0.25, 0.3) is 0 Å². The Morgan fingerprint density at radius 3 is 2.38 bits per heavy atom. The highest BCUT2D eigenvalue weighted by molar-refractivity contribution is 7.89. The van der Waals surface area contributed by atoms with E-state index in [0.29, 0.717) is 29.6 Å². The van der Waals surface area contributed by atoms with Gasteiger partial charge in [-0.25, -0.2) is 8.42 Å². The summed E-state index contributed by atoms with van der Waals surface area (Å²) >= 11 is 0. The fourth-order valence-corrected chi connectivity index (χ4v) is 5.26. The van der Waals surface area contributed by atoms with Gasteiger partial charge in [-0.15, -0.1) is 0 Å². The van der Waals surface area contributed by atoms with Crippen molar-refractivity contribution in [3.8, 4) is 11.4 Å². The van der Waals surface area contributed by atoms with E-state index in [-0.39, 0.29) is 5.41 Å². The van der Waals surface area contributed by atoms with Gasteiger partial charge in [-0.1, -0.05) is 68.4 Å². The Morgan fingerprint density at radius 1 is 1.03 bits per heavy atom. The quantitative estimate of drug-likeness (QED) is 0.629. The van der Waals surface area contributed by atoms with E-state index in [1.54, 1.807) is 12.1 Å². The van der Waals surface area contributed by atoms with Crippen molar-refractivity contribution in [1.82, 2.24) is 14.4 Å². The molecule has 2 heterocycles. The number of sulfonamides is 1. The predicted octanol–water partition coefficient (Wildman–Crippen LogP) is 4.56. The third-order valence-electron chi connectivity index (χ3n) is 5.29. The SMILES string of the molecule is CC(C)(C)c1ccc(S(=O)(=O)N2CCCC2c2nc(-c3ccccc3)no2)cc1. The smallest absolute Gasteiger partial charge is 0.245 e. The Morgan fingerprint density at radius 2 is 1.72 bits per heavy atom. The fourth-order valence-electron chi connectivity index (χ4n) is 3.61. The molecule has 29 heavy (non-hydrogen) atoms. The molecule has 1 fully saturated rings. The first-order valence-corrected chi connectivity index (χ1v) is 11.2. The van der Waals surface area contributed by atoms with Gasteiger partial charge >= 0.3 is 0 Å². The summed E-state index contributed by atoms with van der Waals surface area (Å²) in [5, 5.41) is 4.05. The molecule has 2 aromatic carbocycles. The number of nitrogens with zero attached hydrogens (tertiary/aromatic N) is 3. The van der Waals surface area contributed by atoms with E-state index in [2.05, 4.69) is 30.9 Å². The number of hydrogen-bond donors (Lipinski definition) is 0. The summed E-state index contributed by atoms with van der Waals surface area (Å²) in [6.45, 7) is 6.75. The number of aromatic nitrogens is 2. The van der Waals surface area contributed by atoms with Crippen molar-refractivity contribution in [2.75, 3.05) is 6.54 Å². The second-order valence-corrected chi connectivity index (χ2v) is 10.3. The van der Waals surface area contributed by atoms with Crippen LogP contribution >= 0.6 is 0 Å². The largest absolute Gasteiger partial charge is 0.337 e. The van der Waals surface area contributed by atoms with Gasteiger partial charge in [-0.3, -0.25) is 0 Å². The maximum absolute atomic E-state index is 13.3. The normalized spacial score (nSPS) is 18.2. The molecule has 0 radical (unpaired) electrons. The zero-order chi connectivity index (χ0) is 20.6. The van der Waals surface area contributed by atoms with Gasteiger partial charge in [-0.05, 0) is 36.0 Å². The zero-order valence-electron chi connectivity index (χ0n) is 16.9. The van der Waals surface area contributed by atoms with Crippen LogP contribution in [0.25, 0.3) is 11.4 Å². The second-order valence-electron chi connectivity index (χ2n) is 8.37. The summed E-state index contributed by atoms with van der Waals surface area (Å²) in [4.78, 5) is 4.77. The van der Waals surface area contributed by atoms with E-state index in [1.165, 1.54) is 4.31 Å². The van der Waals surface area contributed by atoms with Gasteiger partial charge in [-0.2, -0.15) is 9.29 Å². The Bertz CT molecular complexity index is 1080. The van der Waals surface area contributed by atoms with Crippen LogP contribution in [-0.4, -0.2) is 29.4 Å². The van der Waals surface area contributed by atoms with Crippen molar-refractivity contribution in [3.63, 3.8) is 0 Å². The molecule has 1 aromatic heterocycles. The van der Waals surface area contributed by atoms with Crippen LogP contribution in [0.5, 0.6) is 0 Å². The average Bonchev–Trinajstić information content (AvgIpc) is 3.38. The third kappa shape index (κ3) is 3.84. The highest BCUT2D eigenvalue weighted by Gasteiger charge is 2.39. The highest BCUT2D eigenvalue weighted by atomic mass is 32.2. The number of benzene rings is 2. The zero-order valence-corrected chi connectivity index (χ0v) is 17.7. The molecule has 1 aliphatic heterocycles. The van der Waals surface area contributed by atoms with Crippen molar-refractivity contribution in [2.24, 2.45) is 0 Å². The Kier molecular flexibility index (Phi) is 5.04. The lowest BCUT2D eigenvalue weighted by Gasteiger charge is -2.23. The van der Waals surface area contributed by atoms with Gasteiger partial charge in [0.2, 0.25) is 21.7 Å². The van der Waals surface area contributed by atoms with Crippen LogP contribution in [0, 0.1) is 0 Å². The van der Waals surface area contributed by atoms with Gasteiger partial charge in [0, 0.05) is 12.1 Å². The first kappa shape index (κ1) is 19.8. The van der Waals surface area contributed by atoms with Gasteiger partial charge in [0.15, 0.2) is 0 Å². The molecule has 0 amide bonds. The molecular weight excluding hydrogens is 386 g/mol. The first-order chi connectivity index (χ1) is 13.8. The van der Waals surface area contributed by atoms with Crippen LogP contribution in [0.1, 0.15) is 51.1 Å². The lowest BCUT2D eigenvalue weighted by atomic mass is 9.87. The van der Waals surface area contributed by atoms with E-state index < -0.39 is 16.1 Å². The van der Waals surface area contributed by atoms with Crippen molar-refractivity contribution in [3.05, 3.63) is 66.1 Å². The lowest BCUT2D eigenvalue weighted by Crippen LogP contribution is -2.31. The average molecular weight is 412 g/mol. The predicted molar refractivity (Wildman–Crippen MR) is 111 cm³/mol. The Balaban J connectivity index is 1.62. The summed E-state index contributed by atoms with van der Waals surface area (Å²) in [6.07, 6.45) is 1.42. The lowest BCUT2D eigenvalue weighted by molar-refractivity contribution is 0.290.